The van der Waals surface area contributed by atoms with Crippen molar-refractivity contribution in [3.8, 4) is 0 Å². The highest BCUT2D eigenvalue weighted by atomic mass is 32.1. The van der Waals surface area contributed by atoms with Gasteiger partial charge in [-0.2, -0.15) is 0 Å². The molecule has 9 aromatic carbocycles. The molecule has 0 bridgehead atoms. The molecule has 11 rings (SSSR count). The normalized spacial score (nSPS) is 13.7. The van der Waals surface area contributed by atoms with Gasteiger partial charge in [-0.3, -0.25) is 0 Å². The van der Waals surface area contributed by atoms with Crippen LogP contribution in [0, 0.1) is 13.8 Å². The highest BCUT2D eigenvalue weighted by Gasteiger charge is 2.38. The molecule has 0 radical (unpaired) electrons. The van der Waals surface area contributed by atoms with E-state index in [0.29, 0.717) is 0 Å². The van der Waals surface area contributed by atoms with Gasteiger partial charge in [0.15, 0.2) is 0 Å². The quantitative estimate of drug-likeness (QED) is 0.168. The van der Waals surface area contributed by atoms with Crippen LogP contribution in [0.2, 0.25) is 0 Å². The molecule has 0 atom stereocenters. The number of thiophene rings is 1. The Bertz CT molecular complexity index is 3050. The van der Waals surface area contributed by atoms with Crippen molar-refractivity contribution in [2.24, 2.45) is 0 Å². The largest absolute Gasteiger partial charge is 0.310 e. The molecule has 0 unspecified atom stereocenters. The topological polar surface area (TPSA) is 6.48 Å². The molecule has 0 N–H and O–H groups in total. The van der Waals surface area contributed by atoms with E-state index < -0.39 is 0 Å². The van der Waals surface area contributed by atoms with Crippen molar-refractivity contribution >= 4 is 98.0 Å². The average Bonchev–Trinajstić information content (AvgIpc) is 3.56. The molecule has 0 spiro atoms. The van der Waals surface area contributed by atoms with Gasteiger partial charge in [0.1, 0.15) is 0 Å². The lowest BCUT2D eigenvalue weighted by Crippen LogP contribution is -2.30. The molecule has 258 valence electrons. The lowest BCUT2D eigenvalue weighted by atomic mass is 9.73. The van der Waals surface area contributed by atoms with E-state index in [9.17, 15) is 0 Å². The van der Waals surface area contributed by atoms with Crippen LogP contribution >= 0.6 is 11.3 Å². The number of nitrogens with zero attached hydrogens (tertiary/aromatic N) is 2. The van der Waals surface area contributed by atoms with Gasteiger partial charge >= 0.3 is 0 Å². The van der Waals surface area contributed by atoms with Gasteiger partial charge in [0.05, 0.1) is 22.7 Å². The van der Waals surface area contributed by atoms with Gasteiger partial charge in [0.2, 0.25) is 0 Å². The second-order valence-electron chi connectivity index (χ2n) is 15.5. The molecular formula is C51H38N2S. The molecule has 0 fully saturated rings. The Balaban J connectivity index is 1.19. The Morgan fingerprint density at radius 1 is 0.463 bits per heavy atom. The van der Waals surface area contributed by atoms with Crippen LogP contribution in [0.5, 0.6) is 0 Å². The maximum absolute atomic E-state index is 2.55. The number of fused-ring (bicyclic) bond motifs is 5. The summed E-state index contributed by atoms with van der Waals surface area (Å²) in [6, 6.07) is 59.3. The summed E-state index contributed by atoms with van der Waals surface area (Å²) in [6.45, 7) is 9.09. The summed E-state index contributed by atoms with van der Waals surface area (Å²) in [5.74, 6) is 0. The second-order valence-corrected chi connectivity index (χ2v) is 16.6. The summed E-state index contributed by atoms with van der Waals surface area (Å²) in [7, 11) is 0. The number of hydrogen-bond donors (Lipinski definition) is 0. The molecular weight excluding hydrogens is 673 g/mol. The van der Waals surface area contributed by atoms with Gasteiger partial charge in [-0.05, 0) is 107 Å². The zero-order valence-electron chi connectivity index (χ0n) is 30.8. The third-order valence-electron chi connectivity index (χ3n) is 11.9. The van der Waals surface area contributed by atoms with Crippen LogP contribution in [-0.4, -0.2) is 0 Å². The van der Waals surface area contributed by atoms with Gasteiger partial charge in [0, 0.05) is 47.7 Å². The highest BCUT2D eigenvalue weighted by molar-refractivity contribution is 7.25. The standard InChI is InChI=1S/C51H38N2S/c1-31-13-21-35(22-14-31)52(36-23-15-32(2)16-24-36)43-27-19-33-18-26-39-44(28-20-34-17-25-38(43)49(33)50(34)39)53-45-11-7-6-10-41(45)51(3,4)42-29-40-37-9-5-8-12-47(37)54-48(40)30-46(42)53/h5-30H,1-4H3. The first-order valence-corrected chi connectivity index (χ1v) is 19.7. The van der Waals surface area contributed by atoms with Crippen LogP contribution < -0.4 is 9.80 Å². The van der Waals surface area contributed by atoms with Gasteiger partial charge in [0.25, 0.3) is 0 Å². The first-order valence-electron chi connectivity index (χ1n) is 18.8. The number of para-hydroxylation sites is 1. The van der Waals surface area contributed by atoms with Crippen LogP contribution in [0.3, 0.4) is 0 Å². The summed E-state index contributed by atoms with van der Waals surface area (Å²) in [4.78, 5) is 4.97. The van der Waals surface area contributed by atoms with E-state index in [1.54, 1.807) is 0 Å². The maximum Gasteiger partial charge on any atom is 0.0540 e. The Morgan fingerprint density at radius 2 is 1.07 bits per heavy atom. The molecule has 54 heavy (non-hydrogen) atoms. The van der Waals surface area contributed by atoms with Crippen LogP contribution in [0.1, 0.15) is 36.1 Å². The zero-order valence-corrected chi connectivity index (χ0v) is 31.6. The SMILES string of the molecule is Cc1ccc(N(c2ccc(C)cc2)c2ccc3ccc4c(N5c6ccccc6C(C)(C)c6cc7c(cc65)sc5ccccc57)ccc5ccc2c3c54)cc1. The molecule has 10 aromatic rings. The minimum absolute atomic E-state index is 0.173. The number of hydrogen-bond acceptors (Lipinski definition) is 3. The molecule has 3 heteroatoms. The monoisotopic (exact) mass is 710 g/mol. The van der Waals surface area contributed by atoms with Crippen LogP contribution in [0.4, 0.5) is 34.1 Å². The summed E-state index contributed by atoms with van der Waals surface area (Å²) in [5, 5.41) is 10.3. The van der Waals surface area contributed by atoms with Crippen molar-refractivity contribution < 1.29 is 0 Å². The molecule has 0 saturated heterocycles. The summed E-state index contributed by atoms with van der Waals surface area (Å²) < 4.78 is 2.66. The summed E-state index contributed by atoms with van der Waals surface area (Å²) in [5.41, 5.74) is 12.2. The predicted octanol–water partition coefficient (Wildman–Crippen LogP) is 15.1. The van der Waals surface area contributed by atoms with Crippen LogP contribution in [0.25, 0.3) is 52.5 Å². The highest BCUT2D eigenvalue weighted by Crippen LogP contribution is 2.56. The number of benzene rings is 9. The van der Waals surface area contributed by atoms with E-state index in [1.165, 1.54) is 97.5 Å². The first-order chi connectivity index (χ1) is 26.3. The van der Waals surface area contributed by atoms with Crippen molar-refractivity contribution in [3.05, 3.63) is 180 Å². The molecule has 1 aliphatic heterocycles. The van der Waals surface area contributed by atoms with Crippen LogP contribution in [-0.2, 0) is 5.41 Å². The second kappa shape index (κ2) is 11.4. The Hall–Kier alpha value is -6.16. The Kier molecular flexibility index (Phi) is 6.63. The van der Waals surface area contributed by atoms with Gasteiger partial charge in [-0.1, -0.05) is 122 Å². The molecule has 0 saturated carbocycles. The van der Waals surface area contributed by atoms with E-state index in [2.05, 4.69) is 195 Å². The number of aryl methyl sites for hydroxylation is 2. The smallest absolute Gasteiger partial charge is 0.0540 e. The molecule has 2 heterocycles. The van der Waals surface area contributed by atoms with Crippen molar-refractivity contribution in [1.82, 2.24) is 0 Å². The fourth-order valence-electron chi connectivity index (χ4n) is 9.15. The van der Waals surface area contributed by atoms with E-state index in [1.807, 2.05) is 11.3 Å². The summed E-state index contributed by atoms with van der Waals surface area (Å²) >= 11 is 1.89. The van der Waals surface area contributed by atoms with Crippen molar-refractivity contribution in [2.45, 2.75) is 33.1 Å². The lowest BCUT2D eigenvalue weighted by Gasteiger charge is -2.42. The van der Waals surface area contributed by atoms with Gasteiger partial charge in [-0.15, -0.1) is 11.3 Å². The number of anilines is 6. The first kappa shape index (κ1) is 31.4. The molecule has 2 nitrogen and oxygen atoms in total. The van der Waals surface area contributed by atoms with Crippen molar-refractivity contribution in [1.29, 1.82) is 0 Å². The van der Waals surface area contributed by atoms with E-state index in [0.717, 1.165) is 11.4 Å². The molecule has 1 aromatic heterocycles. The fourth-order valence-corrected chi connectivity index (χ4v) is 10.3. The van der Waals surface area contributed by atoms with Crippen molar-refractivity contribution in [3.63, 3.8) is 0 Å². The third kappa shape index (κ3) is 4.45. The summed E-state index contributed by atoms with van der Waals surface area (Å²) in [6.07, 6.45) is 0. The minimum atomic E-state index is -0.173. The number of rotatable bonds is 4. The van der Waals surface area contributed by atoms with E-state index in [-0.39, 0.29) is 5.41 Å². The molecule has 0 aliphatic carbocycles. The minimum Gasteiger partial charge on any atom is -0.310 e. The maximum atomic E-state index is 2.55. The van der Waals surface area contributed by atoms with Gasteiger partial charge < -0.3 is 9.80 Å². The molecule has 0 amide bonds. The van der Waals surface area contributed by atoms with E-state index in [4.69, 9.17) is 0 Å². The Labute approximate surface area is 319 Å². The third-order valence-corrected chi connectivity index (χ3v) is 13.0. The van der Waals surface area contributed by atoms with E-state index >= 15 is 0 Å². The fraction of sp³-hybridized carbons (Fsp3) is 0.0980. The zero-order chi connectivity index (χ0) is 36.3. The lowest BCUT2D eigenvalue weighted by molar-refractivity contribution is 0.633. The van der Waals surface area contributed by atoms with Gasteiger partial charge in [-0.25, -0.2) is 0 Å². The van der Waals surface area contributed by atoms with Crippen molar-refractivity contribution in [2.75, 3.05) is 9.80 Å². The molecule has 1 aliphatic rings. The Morgan fingerprint density at radius 3 is 1.81 bits per heavy atom. The predicted molar refractivity (Wildman–Crippen MR) is 234 cm³/mol. The van der Waals surface area contributed by atoms with Crippen LogP contribution in [0.15, 0.2) is 158 Å². The average molecular weight is 711 g/mol.